The average Bonchev–Trinajstić information content (AvgIpc) is 2.92. The maximum Gasteiger partial charge on any atom is 0.269 e. The molecule has 112 valence electrons. The summed E-state index contributed by atoms with van der Waals surface area (Å²) in [4.78, 5) is 24.7. The minimum atomic E-state index is -0.418. The molecule has 1 aliphatic carbocycles. The number of rotatable bonds is 3. The number of hydrogen-bond donors (Lipinski definition) is 0. The largest absolute Gasteiger partial charge is 0.339 e. The molecule has 0 spiro atoms. The molecule has 0 aromatic heterocycles. The fourth-order valence-electron chi connectivity index (χ4n) is 3.73. The summed E-state index contributed by atoms with van der Waals surface area (Å²) in [6, 6.07) is 6.74. The standard InChI is InChI=1S/C16H20N2O3/c19-16(11-12-5-7-14(8-6-12)18(20)21)17-10-9-13-3-1-2-4-15(13)17/h5-8,13,15H,1-4,9-11H2. The number of fused-ring (bicyclic) bond motifs is 1. The quantitative estimate of drug-likeness (QED) is 0.634. The minimum absolute atomic E-state index is 0.0692. The summed E-state index contributed by atoms with van der Waals surface area (Å²) < 4.78 is 0. The van der Waals surface area contributed by atoms with Crippen LogP contribution in [-0.2, 0) is 11.2 Å². The number of nitro benzene ring substituents is 1. The lowest BCUT2D eigenvalue weighted by Gasteiger charge is -2.31. The number of benzene rings is 1. The van der Waals surface area contributed by atoms with Crippen molar-refractivity contribution in [1.29, 1.82) is 0 Å². The Hall–Kier alpha value is -1.91. The lowest BCUT2D eigenvalue weighted by atomic mass is 9.85. The fourth-order valence-corrected chi connectivity index (χ4v) is 3.73. The summed E-state index contributed by atoms with van der Waals surface area (Å²) in [5.41, 5.74) is 0.921. The van der Waals surface area contributed by atoms with E-state index >= 15 is 0 Å². The molecular formula is C16H20N2O3. The van der Waals surface area contributed by atoms with Gasteiger partial charge in [-0.3, -0.25) is 14.9 Å². The summed E-state index contributed by atoms with van der Waals surface area (Å²) >= 11 is 0. The molecule has 1 saturated carbocycles. The normalized spacial score (nSPS) is 24.7. The van der Waals surface area contributed by atoms with Gasteiger partial charge in [0.1, 0.15) is 0 Å². The number of carbonyl (C=O) groups is 1. The first-order valence-corrected chi connectivity index (χ1v) is 7.68. The first-order valence-electron chi connectivity index (χ1n) is 7.68. The summed E-state index contributed by atoms with van der Waals surface area (Å²) in [6.45, 7) is 0.876. The Morgan fingerprint density at radius 3 is 2.62 bits per heavy atom. The molecule has 0 N–H and O–H groups in total. The predicted octanol–water partition coefficient (Wildman–Crippen LogP) is 2.93. The Bertz CT molecular complexity index is 541. The van der Waals surface area contributed by atoms with Gasteiger partial charge in [0.15, 0.2) is 0 Å². The van der Waals surface area contributed by atoms with Crippen molar-refractivity contribution < 1.29 is 9.72 Å². The van der Waals surface area contributed by atoms with Gasteiger partial charge in [-0.25, -0.2) is 0 Å². The molecule has 2 aliphatic rings. The fraction of sp³-hybridized carbons (Fsp3) is 0.562. The molecule has 1 aromatic rings. The van der Waals surface area contributed by atoms with E-state index in [4.69, 9.17) is 0 Å². The van der Waals surface area contributed by atoms with Crippen LogP contribution in [0.1, 0.15) is 37.7 Å². The van der Waals surface area contributed by atoms with Gasteiger partial charge in [0, 0.05) is 24.7 Å². The molecular weight excluding hydrogens is 268 g/mol. The van der Waals surface area contributed by atoms with Crippen molar-refractivity contribution in [2.75, 3.05) is 6.54 Å². The van der Waals surface area contributed by atoms with E-state index < -0.39 is 4.92 Å². The molecule has 2 unspecified atom stereocenters. The van der Waals surface area contributed by atoms with Crippen molar-refractivity contribution in [3.63, 3.8) is 0 Å². The van der Waals surface area contributed by atoms with Crippen LogP contribution in [0.3, 0.4) is 0 Å². The zero-order valence-electron chi connectivity index (χ0n) is 12.0. The smallest absolute Gasteiger partial charge is 0.269 e. The third kappa shape index (κ3) is 2.91. The van der Waals surface area contributed by atoms with Gasteiger partial charge >= 0.3 is 0 Å². The van der Waals surface area contributed by atoms with Crippen molar-refractivity contribution in [3.05, 3.63) is 39.9 Å². The molecule has 1 amide bonds. The zero-order chi connectivity index (χ0) is 14.8. The van der Waals surface area contributed by atoms with Gasteiger partial charge in [0.25, 0.3) is 5.69 Å². The number of amides is 1. The highest BCUT2D eigenvalue weighted by molar-refractivity contribution is 5.79. The second-order valence-electron chi connectivity index (χ2n) is 6.09. The number of nitro groups is 1. The summed E-state index contributed by atoms with van der Waals surface area (Å²) in [5, 5.41) is 10.6. The molecule has 5 nitrogen and oxygen atoms in total. The summed E-state index contributed by atoms with van der Waals surface area (Å²) in [6.07, 6.45) is 6.40. The van der Waals surface area contributed by atoms with E-state index in [1.165, 1.54) is 31.4 Å². The van der Waals surface area contributed by atoms with Crippen LogP contribution >= 0.6 is 0 Å². The third-order valence-electron chi connectivity index (χ3n) is 4.83. The SMILES string of the molecule is O=C(Cc1ccc([N+](=O)[O-])cc1)N1CCC2CCCCC21. The predicted molar refractivity (Wildman–Crippen MR) is 78.9 cm³/mol. The monoisotopic (exact) mass is 288 g/mol. The number of nitrogens with zero attached hydrogens (tertiary/aromatic N) is 2. The summed E-state index contributed by atoms with van der Waals surface area (Å²) in [5.74, 6) is 0.859. The average molecular weight is 288 g/mol. The van der Waals surface area contributed by atoms with E-state index in [1.807, 2.05) is 4.90 Å². The van der Waals surface area contributed by atoms with Gasteiger partial charge in [-0.15, -0.1) is 0 Å². The van der Waals surface area contributed by atoms with E-state index in [0.717, 1.165) is 24.9 Å². The van der Waals surface area contributed by atoms with Crippen LogP contribution in [0.4, 0.5) is 5.69 Å². The van der Waals surface area contributed by atoms with E-state index in [2.05, 4.69) is 0 Å². The van der Waals surface area contributed by atoms with Crippen LogP contribution < -0.4 is 0 Å². The minimum Gasteiger partial charge on any atom is -0.339 e. The second-order valence-corrected chi connectivity index (χ2v) is 6.09. The molecule has 1 heterocycles. The van der Waals surface area contributed by atoms with Crippen LogP contribution in [0.5, 0.6) is 0 Å². The Morgan fingerprint density at radius 1 is 1.19 bits per heavy atom. The van der Waals surface area contributed by atoms with E-state index in [1.54, 1.807) is 12.1 Å². The molecule has 1 aliphatic heterocycles. The number of non-ortho nitro benzene ring substituents is 1. The Labute approximate surface area is 124 Å². The Balaban J connectivity index is 1.64. The first kappa shape index (κ1) is 14.0. The lowest BCUT2D eigenvalue weighted by molar-refractivity contribution is -0.384. The lowest BCUT2D eigenvalue weighted by Crippen LogP contribution is -2.40. The highest BCUT2D eigenvalue weighted by Crippen LogP contribution is 2.36. The molecule has 2 fully saturated rings. The van der Waals surface area contributed by atoms with Gasteiger partial charge in [0.05, 0.1) is 11.3 Å². The van der Waals surface area contributed by atoms with Crippen molar-refractivity contribution in [3.8, 4) is 0 Å². The molecule has 3 rings (SSSR count). The summed E-state index contributed by atoms with van der Waals surface area (Å²) in [7, 11) is 0. The third-order valence-corrected chi connectivity index (χ3v) is 4.83. The van der Waals surface area contributed by atoms with Gasteiger partial charge in [-0.1, -0.05) is 25.0 Å². The topological polar surface area (TPSA) is 63.4 Å². The van der Waals surface area contributed by atoms with Crippen LogP contribution in [0.25, 0.3) is 0 Å². The first-order chi connectivity index (χ1) is 10.1. The van der Waals surface area contributed by atoms with E-state index in [-0.39, 0.29) is 11.6 Å². The molecule has 0 bridgehead atoms. The maximum absolute atomic E-state index is 12.5. The number of likely N-dealkylation sites (tertiary alicyclic amines) is 1. The Kier molecular flexibility index (Phi) is 3.90. The van der Waals surface area contributed by atoms with E-state index in [9.17, 15) is 14.9 Å². The molecule has 1 saturated heterocycles. The highest BCUT2D eigenvalue weighted by Gasteiger charge is 2.37. The van der Waals surface area contributed by atoms with Crippen molar-refractivity contribution in [2.24, 2.45) is 5.92 Å². The second kappa shape index (κ2) is 5.84. The van der Waals surface area contributed by atoms with Crippen LogP contribution in [0.15, 0.2) is 24.3 Å². The van der Waals surface area contributed by atoms with Gasteiger partial charge in [0.2, 0.25) is 5.91 Å². The molecule has 2 atom stereocenters. The number of hydrogen-bond acceptors (Lipinski definition) is 3. The van der Waals surface area contributed by atoms with Gasteiger partial charge < -0.3 is 4.90 Å². The highest BCUT2D eigenvalue weighted by atomic mass is 16.6. The van der Waals surface area contributed by atoms with Crippen LogP contribution in [-0.4, -0.2) is 28.3 Å². The molecule has 0 radical (unpaired) electrons. The Morgan fingerprint density at radius 2 is 1.90 bits per heavy atom. The maximum atomic E-state index is 12.5. The zero-order valence-corrected chi connectivity index (χ0v) is 12.0. The van der Waals surface area contributed by atoms with Crippen molar-refractivity contribution in [2.45, 2.75) is 44.6 Å². The molecule has 21 heavy (non-hydrogen) atoms. The molecule has 1 aromatic carbocycles. The van der Waals surface area contributed by atoms with Crippen LogP contribution in [0, 0.1) is 16.0 Å². The van der Waals surface area contributed by atoms with Crippen molar-refractivity contribution >= 4 is 11.6 Å². The van der Waals surface area contributed by atoms with Crippen molar-refractivity contribution in [1.82, 2.24) is 4.90 Å². The molecule has 5 heteroatoms. The van der Waals surface area contributed by atoms with E-state index in [0.29, 0.717) is 18.4 Å². The van der Waals surface area contributed by atoms with Gasteiger partial charge in [-0.2, -0.15) is 0 Å². The van der Waals surface area contributed by atoms with Gasteiger partial charge in [-0.05, 0) is 30.7 Å². The number of carbonyl (C=O) groups excluding carboxylic acids is 1. The van der Waals surface area contributed by atoms with Crippen LogP contribution in [0.2, 0.25) is 0 Å².